The predicted octanol–water partition coefficient (Wildman–Crippen LogP) is 2.66. The van der Waals surface area contributed by atoms with Gasteiger partial charge in [-0.3, -0.25) is 29.8 Å². The van der Waals surface area contributed by atoms with Crippen LogP contribution in [0.1, 0.15) is 37.8 Å². The second-order valence-electron chi connectivity index (χ2n) is 6.57. The first-order valence-corrected chi connectivity index (χ1v) is 9.33. The lowest BCUT2D eigenvalue weighted by Crippen LogP contribution is -2.24. The maximum absolute atomic E-state index is 11.9. The van der Waals surface area contributed by atoms with E-state index < -0.39 is 21.7 Å². The van der Waals surface area contributed by atoms with Gasteiger partial charge in [-0.2, -0.15) is 10.2 Å². The predicted molar refractivity (Wildman–Crippen MR) is 116 cm³/mol. The highest BCUT2D eigenvalue weighted by Gasteiger charge is 2.09. The molecule has 2 aromatic carbocycles. The first-order valence-electron chi connectivity index (χ1n) is 9.33. The van der Waals surface area contributed by atoms with Crippen LogP contribution >= 0.6 is 0 Å². The van der Waals surface area contributed by atoms with Crippen molar-refractivity contribution in [1.29, 1.82) is 0 Å². The van der Waals surface area contributed by atoms with Gasteiger partial charge in [0.05, 0.1) is 21.3 Å². The molecular formula is C20H20N6O6. The molecule has 0 bridgehead atoms. The summed E-state index contributed by atoms with van der Waals surface area (Å²) >= 11 is 0. The molecule has 0 aromatic heterocycles. The van der Waals surface area contributed by atoms with Gasteiger partial charge in [0.2, 0.25) is 11.8 Å². The Kier molecular flexibility index (Phi) is 8.22. The summed E-state index contributed by atoms with van der Waals surface area (Å²) in [5, 5.41) is 29.2. The van der Waals surface area contributed by atoms with Gasteiger partial charge in [0.15, 0.2) is 0 Å². The van der Waals surface area contributed by atoms with E-state index in [9.17, 15) is 29.8 Å². The Morgan fingerprint density at radius 3 is 1.31 bits per heavy atom. The van der Waals surface area contributed by atoms with Crippen molar-refractivity contribution in [3.8, 4) is 0 Å². The number of nitrogens with zero attached hydrogens (tertiary/aromatic N) is 4. The normalized spacial score (nSPS) is 11.6. The first kappa shape index (κ1) is 23.8. The molecular weight excluding hydrogens is 420 g/mol. The monoisotopic (exact) mass is 440 g/mol. The van der Waals surface area contributed by atoms with Gasteiger partial charge < -0.3 is 0 Å². The molecule has 166 valence electrons. The molecule has 0 aliphatic rings. The topological polar surface area (TPSA) is 169 Å². The van der Waals surface area contributed by atoms with E-state index in [4.69, 9.17) is 0 Å². The van der Waals surface area contributed by atoms with Gasteiger partial charge >= 0.3 is 0 Å². The third kappa shape index (κ3) is 7.09. The number of carbonyl (C=O) groups excluding carboxylic acids is 2. The molecule has 0 atom stereocenters. The number of nitro benzene ring substituents is 2. The molecule has 12 heteroatoms. The van der Waals surface area contributed by atoms with Gasteiger partial charge in [-0.15, -0.1) is 0 Å². The zero-order valence-electron chi connectivity index (χ0n) is 17.3. The number of nitro groups is 2. The van der Waals surface area contributed by atoms with Crippen LogP contribution in [0.15, 0.2) is 58.7 Å². The van der Waals surface area contributed by atoms with E-state index >= 15 is 0 Å². The Morgan fingerprint density at radius 1 is 0.719 bits per heavy atom. The second kappa shape index (κ2) is 11.1. The number of hydrazone groups is 2. The van der Waals surface area contributed by atoms with Crippen molar-refractivity contribution in [2.45, 2.75) is 26.7 Å². The highest BCUT2D eigenvalue weighted by Crippen LogP contribution is 2.13. The molecule has 0 saturated carbocycles. The molecule has 0 saturated heterocycles. The number of non-ortho nitro benzene ring substituents is 2. The third-order valence-electron chi connectivity index (χ3n) is 4.27. The fourth-order valence-electron chi connectivity index (χ4n) is 2.41. The van der Waals surface area contributed by atoms with Gasteiger partial charge in [0, 0.05) is 37.1 Å². The number of rotatable bonds is 9. The highest BCUT2D eigenvalue weighted by molar-refractivity contribution is 6.00. The Bertz CT molecular complexity index is 989. The Hall–Kier alpha value is -4.48. The fourth-order valence-corrected chi connectivity index (χ4v) is 2.41. The fraction of sp³-hybridized carbons (Fsp3) is 0.200. The van der Waals surface area contributed by atoms with Gasteiger partial charge in [-0.1, -0.05) is 0 Å². The molecule has 0 radical (unpaired) electrons. The first-order chi connectivity index (χ1) is 15.2. The lowest BCUT2D eigenvalue weighted by molar-refractivity contribution is -0.385. The minimum atomic E-state index is -0.513. The maximum atomic E-state index is 11.9. The number of benzene rings is 2. The molecule has 2 rings (SSSR count). The average molecular weight is 440 g/mol. The minimum absolute atomic E-state index is 0.0527. The Morgan fingerprint density at radius 2 is 1.03 bits per heavy atom. The highest BCUT2D eigenvalue weighted by atomic mass is 16.6. The quantitative estimate of drug-likeness (QED) is 0.345. The van der Waals surface area contributed by atoms with Crippen molar-refractivity contribution >= 4 is 34.6 Å². The molecule has 0 aliphatic carbocycles. The Balaban J connectivity index is 1.81. The summed E-state index contributed by atoms with van der Waals surface area (Å²) in [4.78, 5) is 44.1. The summed E-state index contributed by atoms with van der Waals surface area (Å²) in [5.41, 5.74) is 6.63. The number of nitrogens with one attached hydrogen (secondary N) is 2. The van der Waals surface area contributed by atoms with E-state index in [0.717, 1.165) is 0 Å². The largest absolute Gasteiger partial charge is 0.273 e. The zero-order valence-corrected chi connectivity index (χ0v) is 17.3. The van der Waals surface area contributed by atoms with Crippen molar-refractivity contribution in [2.75, 3.05) is 0 Å². The van der Waals surface area contributed by atoms with Crippen LogP contribution in [-0.2, 0) is 9.59 Å². The molecule has 2 N–H and O–H groups in total. The standard InChI is InChI=1S/C20H20N6O6/c1-13(15-3-7-17(8-4-15)25(29)30)21-23-19(27)11-12-20(28)24-22-14(2)16-5-9-18(10-6-16)26(31)32/h3-10H,11-12H2,1-2H3,(H,23,27)(H,24,28)/b21-13-,22-14+. The number of amides is 2. The summed E-state index contributed by atoms with van der Waals surface area (Å²) in [6, 6.07) is 11.4. The number of hydrogen-bond acceptors (Lipinski definition) is 8. The molecule has 12 nitrogen and oxygen atoms in total. The van der Waals surface area contributed by atoms with E-state index in [1.54, 1.807) is 13.8 Å². The van der Waals surface area contributed by atoms with Crippen molar-refractivity contribution in [3.05, 3.63) is 79.9 Å². The summed E-state index contributed by atoms with van der Waals surface area (Å²) in [5.74, 6) is -0.977. The average Bonchev–Trinajstić information content (AvgIpc) is 2.79. The van der Waals surface area contributed by atoms with Crippen LogP contribution in [-0.4, -0.2) is 33.1 Å². The summed E-state index contributed by atoms with van der Waals surface area (Å²) in [6.07, 6.45) is -0.260. The molecule has 0 fully saturated rings. The van der Waals surface area contributed by atoms with Crippen LogP contribution in [0.4, 0.5) is 11.4 Å². The van der Waals surface area contributed by atoms with Gasteiger partial charge in [0.25, 0.3) is 11.4 Å². The van der Waals surface area contributed by atoms with Gasteiger partial charge in [0.1, 0.15) is 0 Å². The van der Waals surface area contributed by atoms with Crippen molar-refractivity contribution in [3.63, 3.8) is 0 Å². The summed E-state index contributed by atoms with van der Waals surface area (Å²) in [6.45, 7) is 3.26. The maximum Gasteiger partial charge on any atom is 0.269 e. The van der Waals surface area contributed by atoms with E-state index in [2.05, 4.69) is 21.1 Å². The SMILES string of the molecule is C/C(=N/NC(=O)CCC(=O)N/N=C(\C)c1ccc([N+](=O)[O-])cc1)c1ccc([N+](=O)[O-])cc1. The number of carbonyl (C=O) groups is 2. The lowest BCUT2D eigenvalue weighted by Gasteiger charge is -2.04. The van der Waals surface area contributed by atoms with Crippen LogP contribution in [0.5, 0.6) is 0 Å². The van der Waals surface area contributed by atoms with E-state index in [1.807, 2.05) is 0 Å². The van der Waals surface area contributed by atoms with Gasteiger partial charge in [-0.05, 0) is 49.2 Å². The van der Waals surface area contributed by atoms with Crippen LogP contribution in [0.3, 0.4) is 0 Å². The second-order valence-corrected chi connectivity index (χ2v) is 6.57. The van der Waals surface area contributed by atoms with E-state index in [0.29, 0.717) is 22.6 Å². The summed E-state index contributed by atoms with van der Waals surface area (Å²) in [7, 11) is 0. The van der Waals surface area contributed by atoms with Crippen LogP contribution in [0, 0.1) is 20.2 Å². The molecule has 0 aliphatic heterocycles. The van der Waals surface area contributed by atoms with Crippen molar-refractivity contribution in [1.82, 2.24) is 10.9 Å². The molecule has 0 spiro atoms. The van der Waals surface area contributed by atoms with Crippen LogP contribution < -0.4 is 10.9 Å². The third-order valence-corrected chi connectivity index (χ3v) is 4.27. The molecule has 0 heterocycles. The molecule has 0 unspecified atom stereocenters. The van der Waals surface area contributed by atoms with E-state index in [1.165, 1.54) is 48.5 Å². The summed E-state index contributed by atoms with van der Waals surface area (Å²) < 4.78 is 0. The minimum Gasteiger partial charge on any atom is -0.273 e. The molecule has 2 aromatic rings. The number of hydrogen-bond donors (Lipinski definition) is 2. The van der Waals surface area contributed by atoms with Crippen molar-refractivity contribution < 1.29 is 19.4 Å². The molecule has 32 heavy (non-hydrogen) atoms. The van der Waals surface area contributed by atoms with Crippen LogP contribution in [0.2, 0.25) is 0 Å². The zero-order chi connectivity index (χ0) is 23.7. The van der Waals surface area contributed by atoms with Crippen molar-refractivity contribution in [2.24, 2.45) is 10.2 Å². The molecule has 2 amide bonds. The smallest absolute Gasteiger partial charge is 0.269 e. The van der Waals surface area contributed by atoms with Gasteiger partial charge in [-0.25, -0.2) is 10.9 Å². The Labute approximate surface area is 182 Å². The lowest BCUT2D eigenvalue weighted by atomic mass is 10.1. The van der Waals surface area contributed by atoms with E-state index in [-0.39, 0.29) is 24.2 Å². The van der Waals surface area contributed by atoms with Crippen LogP contribution in [0.25, 0.3) is 0 Å².